The Kier molecular flexibility index (Phi) is 4.61. The second-order valence-corrected chi connectivity index (χ2v) is 5.67. The minimum atomic E-state index is -1.68. The number of hydrogen-bond acceptors (Lipinski definition) is 5. The predicted octanol–water partition coefficient (Wildman–Crippen LogP) is 3.19. The quantitative estimate of drug-likeness (QED) is 0.716. The van der Waals surface area contributed by atoms with Crippen molar-refractivity contribution in [2.75, 3.05) is 6.54 Å². The SMILES string of the molecule is O=C(NCCc1nc(-c2cccs2)no1)c1ccc(F)c(F)c1F. The molecule has 1 aromatic carbocycles. The van der Waals surface area contributed by atoms with Crippen molar-refractivity contribution in [2.24, 2.45) is 0 Å². The van der Waals surface area contributed by atoms with E-state index in [1.54, 1.807) is 0 Å². The minimum Gasteiger partial charge on any atom is -0.351 e. The Hall–Kier alpha value is -2.68. The number of amides is 1. The molecule has 0 saturated heterocycles. The van der Waals surface area contributed by atoms with Crippen LogP contribution in [-0.2, 0) is 6.42 Å². The summed E-state index contributed by atoms with van der Waals surface area (Å²) in [4.78, 5) is 16.8. The lowest BCUT2D eigenvalue weighted by molar-refractivity contribution is 0.0948. The van der Waals surface area contributed by atoms with Crippen molar-refractivity contribution in [1.29, 1.82) is 0 Å². The summed E-state index contributed by atoms with van der Waals surface area (Å²) in [6, 6.07) is 5.27. The third-order valence-electron chi connectivity index (χ3n) is 3.11. The standard InChI is InChI=1S/C15H10F3N3O2S/c16-9-4-3-8(12(17)13(9)18)15(22)19-6-5-11-20-14(21-23-11)10-2-1-7-24-10/h1-4,7H,5-6H2,(H,19,22). The highest BCUT2D eigenvalue weighted by molar-refractivity contribution is 7.13. The van der Waals surface area contributed by atoms with Crippen molar-refractivity contribution in [2.45, 2.75) is 6.42 Å². The number of nitrogens with one attached hydrogen (secondary N) is 1. The van der Waals surface area contributed by atoms with E-state index in [1.165, 1.54) is 11.3 Å². The average molecular weight is 353 g/mol. The van der Waals surface area contributed by atoms with Gasteiger partial charge in [-0.25, -0.2) is 13.2 Å². The van der Waals surface area contributed by atoms with E-state index >= 15 is 0 Å². The molecule has 24 heavy (non-hydrogen) atoms. The van der Waals surface area contributed by atoms with Crippen LogP contribution < -0.4 is 5.32 Å². The third-order valence-corrected chi connectivity index (χ3v) is 3.98. The van der Waals surface area contributed by atoms with Crippen LogP contribution in [0, 0.1) is 17.5 Å². The van der Waals surface area contributed by atoms with E-state index in [-0.39, 0.29) is 13.0 Å². The van der Waals surface area contributed by atoms with Gasteiger partial charge in [0.25, 0.3) is 5.91 Å². The number of carbonyl (C=O) groups is 1. The van der Waals surface area contributed by atoms with Gasteiger partial charge in [-0.2, -0.15) is 4.98 Å². The van der Waals surface area contributed by atoms with Gasteiger partial charge in [0.2, 0.25) is 11.7 Å². The predicted molar refractivity (Wildman–Crippen MR) is 80.0 cm³/mol. The maximum atomic E-state index is 13.5. The lowest BCUT2D eigenvalue weighted by Crippen LogP contribution is -2.27. The number of benzene rings is 1. The fraction of sp³-hybridized carbons (Fsp3) is 0.133. The van der Waals surface area contributed by atoms with Gasteiger partial charge in [0, 0.05) is 13.0 Å². The maximum Gasteiger partial charge on any atom is 0.254 e. The highest BCUT2D eigenvalue weighted by Crippen LogP contribution is 2.21. The van der Waals surface area contributed by atoms with Gasteiger partial charge in [-0.3, -0.25) is 4.79 Å². The van der Waals surface area contributed by atoms with E-state index in [4.69, 9.17) is 4.52 Å². The molecule has 0 bridgehead atoms. The Bertz CT molecular complexity index is 865. The Morgan fingerprint density at radius 3 is 2.79 bits per heavy atom. The number of carbonyl (C=O) groups excluding carboxylic acids is 1. The summed E-state index contributed by atoms with van der Waals surface area (Å²) in [5.74, 6) is -4.67. The van der Waals surface area contributed by atoms with E-state index in [0.717, 1.165) is 10.9 Å². The summed E-state index contributed by atoms with van der Waals surface area (Å²) >= 11 is 1.46. The number of halogens is 3. The summed E-state index contributed by atoms with van der Waals surface area (Å²) in [5, 5.41) is 8.07. The van der Waals surface area contributed by atoms with Gasteiger partial charge in [-0.05, 0) is 23.6 Å². The lowest BCUT2D eigenvalue weighted by atomic mass is 10.2. The van der Waals surface area contributed by atoms with Gasteiger partial charge >= 0.3 is 0 Å². The third kappa shape index (κ3) is 3.30. The molecular formula is C15H10F3N3O2S. The van der Waals surface area contributed by atoms with Gasteiger partial charge in [0.05, 0.1) is 10.4 Å². The van der Waals surface area contributed by atoms with E-state index in [9.17, 15) is 18.0 Å². The number of hydrogen-bond donors (Lipinski definition) is 1. The molecule has 2 aromatic heterocycles. The highest BCUT2D eigenvalue weighted by atomic mass is 32.1. The molecule has 0 unspecified atom stereocenters. The van der Waals surface area contributed by atoms with Gasteiger partial charge < -0.3 is 9.84 Å². The first-order valence-corrected chi connectivity index (χ1v) is 7.72. The fourth-order valence-corrected chi connectivity index (χ4v) is 2.59. The largest absolute Gasteiger partial charge is 0.351 e. The molecule has 0 atom stereocenters. The zero-order valence-corrected chi connectivity index (χ0v) is 12.9. The number of rotatable bonds is 5. The molecule has 0 saturated carbocycles. The molecule has 5 nitrogen and oxygen atoms in total. The molecule has 1 amide bonds. The van der Waals surface area contributed by atoms with Gasteiger partial charge in [0.1, 0.15) is 0 Å². The van der Waals surface area contributed by atoms with Crippen molar-refractivity contribution in [3.8, 4) is 10.7 Å². The monoisotopic (exact) mass is 353 g/mol. The van der Waals surface area contributed by atoms with E-state index in [2.05, 4.69) is 15.5 Å². The highest BCUT2D eigenvalue weighted by Gasteiger charge is 2.18. The van der Waals surface area contributed by atoms with Gasteiger partial charge in [-0.1, -0.05) is 11.2 Å². The van der Waals surface area contributed by atoms with Crippen LogP contribution in [0.5, 0.6) is 0 Å². The van der Waals surface area contributed by atoms with Crippen molar-refractivity contribution in [3.05, 3.63) is 58.6 Å². The van der Waals surface area contributed by atoms with Crippen molar-refractivity contribution in [1.82, 2.24) is 15.5 Å². The second-order valence-electron chi connectivity index (χ2n) is 4.72. The summed E-state index contributed by atoms with van der Waals surface area (Å²) in [5.41, 5.74) is -0.571. The van der Waals surface area contributed by atoms with Crippen LogP contribution in [-0.4, -0.2) is 22.6 Å². The number of aromatic nitrogens is 2. The zero-order chi connectivity index (χ0) is 17.1. The molecule has 0 spiro atoms. The van der Waals surface area contributed by atoms with Crippen LogP contribution in [0.25, 0.3) is 10.7 Å². The Morgan fingerprint density at radius 1 is 1.21 bits per heavy atom. The topological polar surface area (TPSA) is 68.0 Å². The van der Waals surface area contributed by atoms with Crippen LogP contribution in [0.3, 0.4) is 0 Å². The fourth-order valence-electron chi connectivity index (χ4n) is 1.94. The van der Waals surface area contributed by atoms with E-state index in [1.807, 2.05) is 17.5 Å². The molecule has 9 heteroatoms. The molecule has 124 valence electrons. The summed E-state index contributed by atoms with van der Waals surface area (Å²) in [6.45, 7) is 0.0728. The zero-order valence-electron chi connectivity index (χ0n) is 12.1. The Morgan fingerprint density at radius 2 is 2.04 bits per heavy atom. The van der Waals surface area contributed by atoms with Crippen molar-refractivity contribution in [3.63, 3.8) is 0 Å². The molecule has 0 aliphatic carbocycles. The smallest absolute Gasteiger partial charge is 0.254 e. The maximum absolute atomic E-state index is 13.5. The first-order chi connectivity index (χ1) is 11.6. The first kappa shape index (κ1) is 16.2. The number of nitrogens with zero attached hydrogens (tertiary/aromatic N) is 2. The van der Waals surface area contributed by atoms with Gasteiger partial charge in [-0.15, -0.1) is 11.3 Å². The summed E-state index contributed by atoms with van der Waals surface area (Å²) in [7, 11) is 0. The normalized spacial score (nSPS) is 10.8. The van der Waals surface area contributed by atoms with Crippen LogP contribution in [0.2, 0.25) is 0 Å². The van der Waals surface area contributed by atoms with Crippen molar-refractivity contribution >= 4 is 17.2 Å². The molecule has 3 aromatic rings. The van der Waals surface area contributed by atoms with Crippen LogP contribution in [0.15, 0.2) is 34.2 Å². The molecule has 1 N–H and O–H groups in total. The number of thiophene rings is 1. The molecule has 0 fully saturated rings. The molecular weight excluding hydrogens is 343 g/mol. The summed E-state index contributed by atoms with van der Waals surface area (Å²) < 4.78 is 44.5. The average Bonchev–Trinajstić information content (AvgIpc) is 3.23. The molecule has 2 heterocycles. The lowest BCUT2D eigenvalue weighted by Gasteiger charge is -2.05. The Labute approximate surface area is 138 Å². The first-order valence-electron chi connectivity index (χ1n) is 6.84. The second kappa shape index (κ2) is 6.83. The van der Waals surface area contributed by atoms with E-state index in [0.29, 0.717) is 17.8 Å². The molecule has 0 radical (unpaired) electrons. The van der Waals surface area contributed by atoms with E-state index < -0.39 is 28.9 Å². The summed E-state index contributed by atoms with van der Waals surface area (Å²) in [6.07, 6.45) is 0.218. The van der Waals surface area contributed by atoms with Crippen molar-refractivity contribution < 1.29 is 22.5 Å². The van der Waals surface area contributed by atoms with Gasteiger partial charge in [0.15, 0.2) is 17.5 Å². The molecule has 3 rings (SSSR count). The van der Waals surface area contributed by atoms with Crippen LogP contribution >= 0.6 is 11.3 Å². The Balaban J connectivity index is 1.59. The molecule has 0 aliphatic rings. The molecule has 0 aliphatic heterocycles. The minimum absolute atomic E-state index is 0.0728. The van der Waals surface area contributed by atoms with Crippen LogP contribution in [0.4, 0.5) is 13.2 Å². The van der Waals surface area contributed by atoms with Crippen LogP contribution in [0.1, 0.15) is 16.2 Å².